The van der Waals surface area contributed by atoms with E-state index in [-0.39, 0.29) is 17.8 Å². The summed E-state index contributed by atoms with van der Waals surface area (Å²) >= 11 is 0. The van der Waals surface area contributed by atoms with Gasteiger partial charge in [0, 0.05) is 30.4 Å². The Labute approximate surface area is 212 Å². The van der Waals surface area contributed by atoms with Gasteiger partial charge in [-0.15, -0.1) is 0 Å². The van der Waals surface area contributed by atoms with Crippen LogP contribution in [0, 0.1) is 11.7 Å². The summed E-state index contributed by atoms with van der Waals surface area (Å²) in [4.78, 5) is 25.8. The van der Waals surface area contributed by atoms with E-state index in [1.807, 2.05) is 32.0 Å². The van der Waals surface area contributed by atoms with Crippen LogP contribution in [0.4, 0.5) is 27.5 Å². The summed E-state index contributed by atoms with van der Waals surface area (Å²) in [6.07, 6.45) is 7.33. The molecule has 4 heterocycles. The van der Waals surface area contributed by atoms with Gasteiger partial charge in [-0.2, -0.15) is 4.98 Å². The van der Waals surface area contributed by atoms with Gasteiger partial charge in [0.15, 0.2) is 17.2 Å². The number of anilines is 4. The fourth-order valence-corrected chi connectivity index (χ4v) is 5.83. The van der Waals surface area contributed by atoms with Gasteiger partial charge in [-0.1, -0.05) is 6.42 Å². The van der Waals surface area contributed by atoms with Crippen LogP contribution in [0.1, 0.15) is 59.8 Å². The summed E-state index contributed by atoms with van der Waals surface area (Å²) in [5, 5.41) is 6.43. The molecule has 0 spiro atoms. The van der Waals surface area contributed by atoms with Gasteiger partial charge in [-0.3, -0.25) is 4.79 Å². The van der Waals surface area contributed by atoms with Gasteiger partial charge in [0.25, 0.3) is 5.91 Å². The first-order chi connectivity index (χ1) is 17.2. The minimum atomic E-state index is -0.966. The number of nitrogens with one attached hydrogen (secondary N) is 2. The number of ether oxygens (including phenoxy) is 1. The largest absolute Gasteiger partial charge is 0.476 e. The molecule has 0 bridgehead atoms. The van der Waals surface area contributed by atoms with E-state index in [9.17, 15) is 9.18 Å². The van der Waals surface area contributed by atoms with Gasteiger partial charge in [-0.05, 0) is 84.5 Å². The van der Waals surface area contributed by atoms with Gasteiger partial charge < -0.3 is 25.2 Å². The van der Waals surface area contributed by atoms with Crippen molar-refractivity contribution in [2.24, 2.45) is 5.92 Å². The first kappa shape index (κ1) is 24.7. The molecule has 8 nitrogen and oxygen atoms in total. The van der Waals surface area contributed by atoms with Crippen molar-refractivity contribution in [3.8, 4) is 5.75 Å². The Morgan fingerprint density at radius 3 is 2.81 bits per heavy atom. The monoisotopic (exact) mass is 496 g/mol. The topological polar surface area (TPSA) is 82.6 Å². The molecule has 2 N–H and O–H groups in total. The minimum Gasteiger partial charge on any atom is -0.476 e. The zero-order valence-electron chi connectivity index (χ0n) is 21.7. The number of hydrogen-bond acceptors (Lipinski definition) is 7. The predicted octanol–water partition coefficient (Wildman–Crippen LogP) is 4.95. The minimum absolute atomic E-state index is 0.00264. The molecule has 2 fully saturated rings. The van der Waals surface area contributed by atoms with E-state index in [2.05, 4.69) is 25.5 Å². The van der Waals surface area contributed by atoms with Crippen molar-refractivity contribution >= 4 is 29.0 Å². The Bertz CT molecular complexity index is 1120. The van der Waals surface area contributed by atoms with Crippen molar-refractivity contribution in [3.05, 3.63) is 30.2 Å². The fraction of sp³-hybridized carbons (Fsp3) is 0.593. The highest BCUT2D eigenvalue weighted by molar-refractivity contribution is 6.03. The van der Waals surface area contributed by atoms with E-state index < -0.39 is 11.4 Å². The molecule has 3 aliphatic heterocycles. The molecule has 1 amide bonds. The van der Waals surface area contributed by atoms with E-state index in [0.717, 1.165) is 12.1 Å². The van der Waals surface area contributed by atoms with E-state index in [4.69, 9.17) is 4.74 Å². The van der Waals surface area contributed by atoms with E-state index >= 15 is 0 Å². The van der Waals surface area contributed by atoms with Crippen LogP contribution in [-0.2, 0) is 4.79 Å². The highest BCUT2D eigenvalue weighted by Gasteiger charge is 2.42. The number of benzene rings is 1. The number of carbonyl (C=O) groups is 1. The number of nitrogens with zero attached hydrogens (tertiary/aromatic N) is 4. The lowest BCUT2D eigenvalue weighted by atomic mass is 9.83. The zero-order chi connectivity index (χ0) is 25.4. The third-order valence-corrected chi connectivity index (χ3v) is 7.60. The fourth-order valence-electron chi connectivity index (χ4n) is 5.83. The molecule has 0 unspecified atom stereocenters. The molecule has 1 aromatic heterocycles. The lowest BCUT2D eigenvalue weighted by Crippen LogP contribution is -2.54. The molecule has 5 rings (SSSR count). The average molecular weight is 497 g/mol. The van der Waals surface area contributed by atoms with Crippen molar-refractivity contribution in [3.63, 3.8) is 0 Å². The molecule has 0 saturated carbocycles. The highest BCUT2D eigenvalue weighted by Crippen LogP contribution is 2.41. The third kappa shape index (κ3) is 4.85. The highest BCUT2D eigenvalue weighted by atomic mass is 19.1. The van der Waals surface area contributed by atoms with Gasteiger partial charge in [0.2, 0.25) is 5.95 Å². The number of amides is 1. The van der Waals surface area contributed by atoms with Crippen molar-refractivity contribution in [1.82, 2.24) is 14.9 Å². The number of halogens is 1. The molecule has 0 aliphatic carbocycles. The van der Waals surface area contributed by atoms with E-state index in [0.29, 0.717) is 35.9 Å². The number of hydrogen-bond donors (Lipinski definition) is 2. The van der Waals surface area contributed by atoms with Crippen LogP contribution in [0.15, 0.2) is 24.4 Å². The number of aromatic nitrogens is 2. The Hall–Kier alpha value is -2.94. The molecule has 194 valence electrons. The summed E-state index contributed by atoms with van der Waals surface area (Å²) in [5.74, 6) is 1.09. The van der Waals surface area contributed by atoms with Gasteiger partial charge in [-0.25, -0.2) is 9.37 Å². The van der Waals surface area contributed by atoms with E-state index in [1.54, 1.807) is 18.7 Å². The van der Waals surface area contributed by atoms with Crippen LogP contribution in [0.2, 0.25) is 0 Å². The standard InChI is InChI=1S/C27H37FN6O2/c1-17(2)34-22-11-10-19(14-23(22)36-27(3,4)25(34)35)31-26-30-16-20(28)24(32-26)29-15-18-8-7-13-33-12-6-5-9-21(18)33/h10-11,14,16-18,21H,5-9,12-13,15H2,1-4H3,(H2,29,30,31,32)/t18-,21+/m0/s1. The Morgan fingerprint density at radius 1 is 1.19 bits per heavy atom. The van der Waals surface area contributed by atoms with Crippen molar-refractivity contribution in [2.75, 3.05) is 35.2 Å². The maximum Gasteiger partial charge on any atom is 0.270 e. The molecule has 36 heavy (non-hydrogen) atoms. The molecular weight excluding hydrogens is 459 g/mol. The molecule has 2 saturated heterocycles. The van der Waals surface area contributed by atoms with Crippen molar-refractivity contribution < 1.29 is 13.9 Å². The van der Waals surface area contributed by atoms with Crippen LogP contribution in [0.25, 0.3) is 0 Å². The SMILES string of the molecule is CC(C)N1C(=O)C(C)(C)Oc2cc(Nc3ncc(F)c(NC[C@@H]4CCCN5CCCC[C@H]45)n3)ccc21. The zero-order valence-corrected chi connectivity index (χ0v) is 21.7. The van der Waals surface area contributed by atoms with Crippen molar-refractivity contribution in [1.29, 1.82) is 0 Å². The lowest BCUT2D eigenvalue weighted by Gasteiger charge is -2.44. The lowest BCUT2D eigenvalue weighted by molar-refractivity contribution is -0.133. The maximum atomic E-state index is 14.6. The van der Waals surface area contributed by atoms with Gasteiger partial charge >= 0.3 is 0 Å². The molecule has 3 aliphatic rings. The second-order valence-electron chi connectivity index (χ2n) is 11.0. The second kappa shape index (κ2) is 9.84. The van der Waals surface area contributed by atoms with Gasteiger partial charge in [0.1, 0.15) is 5.75 Å². The number of piperidine rings is 2. The van der Waals surface area contributed by atoms with Crippen LogP contribution < -0.4 is 20.3 Å². The molecule has 2 aromatic rings. The molecule has 2 atom stereocenters. The predicted molar refractivity (Wildman–Crippen MR) is 139 cm³/mol. The van der Waals surface area contributed by atoms with Crippen LogP contribution >= 0.6 is 0 Å². The van der Waals surface area contributed by atoms with Crippen LogP contribution in [-0.4, -0.2) is 58.1 Å². The molecule has 9 heteroatoms. The van der Waals surface area contributed by atoms with Crippen LogP contribution in [0.3, 0.4) is 0 Å². The average Bonchev–Trinajstić information content (AvgIpc) is 2.84. The number of carbonyl (C=O) groups excluding carboxylic acids is 1. The summed E-state index contributed by atoms with van der Waals surface area (Å²) < 4.78 is 20.6. The molecule has 1 aromatic carbocycles. The summed E-state index contributed by atoms with van der Waals surface area (Å²) in [6, 6.07) is 6.12. The Kier molecular flexibility index (Phi) is 6.76. The quantitative estimate of drug-likeness (QED) is 0.586. The molecular formula is C27H37FN6O2. The van der Waals surface area contributed by atoms with Gasteiger partial charge in [0.05, 0.1) is 11.9 Å². The number of fused-ring (bicyclic) bond motifs is 2. The summed E-state index contributed by atoms with van der Waals surface area (Å²) in [5.41, 5.74) is 0.462. The van der Waals surface area contributed by atoms with Crippen LogP contribution in [0.5, 0.6) is 5.75 Å². The Balaban J connectivity index is 1.30. The first-order valence-corrected chi connectivity index (χ1v) is 13.2. The normalized spacial score (nSPS) is 23.6. The second-order valence-corrected chi connectivity index (χ2v) is 11.0. The Morgan fingerprint density at radius 2 is 2.00 bits per heavy atom. The van der Waals surface area contributed by atoms with Crippen molar-refractivity contribution in [2.45, 2.75) is 77.5 Å². The maximum absolute atomic E-state index is 14.6. The van der Waals surface area contributed by atoms with E-state index in [1.165, 1.54) is 45.0 Å². The summed E-state index contributed by atoms with van der Waals surface area (Å²) in [6.45, 7) is 10.6. The smallest absolute Gasteiger partial charge is 0.270 e. The third-order valence-electron chi connectivity index (χ3n) is 7.60. The summed E-state index contributed by atoms with van der Waals surface area (Å²) in [7, 11) is 0. The molecule has 0 radical (unpaired) electrons. The first-order valence-electron chi connectivity index (χ1n) is 13.2. The number of rotatable bonds is 6.